The van der Waals surface area contributed by atoms with Crippen LogP contribution in [0.4, 0.5) is 11.4 Å². The number of amides is 1. The monoisotopic (exact) mass is 301 g/mol. The lowest BCUT2D eigenvalue weighted by Gasteiger charge is -2.12. The third-order valence-electron chi connectivity index (χ3n) is 2.38. The molecule has 0 atom stereocenters. The Kier molecular flexibility index (Phi) is 5.78. The van der Waals surface area contributed by atoms with E-state index in [2.05, 4.69) is 15.4 Å². The number of benzene rings is 1. The number of anilines is 2. The van der Waals surface area contributed by atoms with Crippen molar-refractivity contribution >= 4 is 27.3 Å². The molecule has 0 unspecified atom stereocenters. The maximum Gasteiger partial charge on any atom is 0.229 e. The van der Waals surface area contributed by atoms with Crippen molar-refractivity contribution in [3.05, 3.63) is 18.2 Å². The van der Waals surface area contributed by atoms with Crippen molar-refractivity contribution in [2.45, 2.75) is 6.42 Å². The molecule has 0 heterocycles. The quantitative estimate of drug-likeness (QED) is 0.686. The standard InChI is InChI=1S/C12H19N3O4S/c1-13-7-6-12(16)14-9-4-5-10(11(8-9)19-2)15-20(3,17)18/h4-5,8,13,15H,6-7H2,1-3H3,(H,14,16). The molecule has 0 radical (unpaired) electrons. The van der Waals surface area contributed by atoms with E-state index in [1.807, 2.05) is 0 Å². The lowest BCUT2D eigenvalue weighted by atomic mass is 10.2. The zero-order chi connectivity index (χ0) is 15.2. The Bertz CT molecular complexity index is 572. The fraction of sp³-hybridized carbons (Fsp3) is 0.417. The molecular formula is C12H19N3O4S. The molecule has 112 valence electrons. The first-order valence-corrected chi connectivity index (χ1v) is 7.85. The Hall–Kier alpha value is -1.80. The summed E-state index contributed by atoms with van der Waals surface area (Å²) in [6, 6.07) is 4.70. The van der Waals surface area contributed by atoms with Crippen LogP contribution >= 0.6 is 0 Å². The van der Waals surface area contributed by atoms with Gasteiger partial charge in [0.05, 0.1) is 19.1 Å². The van der Waals surface area contributed by atoms with Gasteiger partial charge in [-0.25, -0.2) is 8.42 Å². The number of carbonyl (C=O) groups excluding carboxylic acids is 1. The van der Waals surface area contributed by atoms with Gasteiger partial charge in [-0.1, -0.05) is 0 Å². The van der Waals surface area contributed by atoms with Crippen molar-refractivity contribution in [3.63, 3.8) is 0 Å². The van der Waals surface area contributed by atoms with Gasteiger partial charge in [-0.15, -0.1) is 0 Å². The first-order valence-electron chi connectivity index (χ1n) is 5.96. The van der Waals surface area contributed by atoms with E-state index < -0.39 is 10.0 Å². The molecule has 3 N–H and O–H groups in total. The maximum absolute atomic E-state index is 11.6. The summed E-state index contributed by atoms with van der Waals surface area (Å²) < 4.78 is 29.9. The predicted molar refractivity (Wildman–Crippen MR) is 78.6 cm³/mol. The number of ether oxygens (including phenoxy) is 1. The number of hydrogen-bond acceptors (Lipinski definition) is 5. The first-order chi connectivity index (χ1) is 9.35. The average Bonchev–Trinajstić information content (AvgIpc) is 2.36. The Morgan fingerprint density at radius 3 is 2.60 bits per heavy atom. The highest BCUT2D eigenvalue weighted by Crippen LogP contribution is 2.28. The van der Waals surface area contributed by atoms with Crippen LogP contribution in [-0.4, -0.2) is 41.3 Å². The third kappa shape index (κ3) is 5.45. The van der Waals surface area contributed by atoms with Gasteiger partial charge in [-0.05, 0) is 19.2 Å². The Morgan fingerprint density at radius 2 is 2.05 bits per heavy atom. The molecule has 0 bridgehead atoms. The van der Waals surface area contributed by atoms with E-state index in [0.29, 0.717) is 30.1 Å². The molecule has 0 saturated carbocycles. The Labute approximate surface area is 118 Å². The van der Waals surface area contributed by atoms with Crippen molar-refractivity contribution in [2.75, 3.05) is 37.0 Å². The van der Waals surface area contributed by atoms with Gasteiger partial charge in [0.2, 0.25) is 15.9 Å². The fourth-order valence-electron chi connectivity index (χ4n) is 1.52. The molecule has 0 aliphatic carbocycles. The van der Waals surface area contributed by atoms with E-state index in [1.54, 1.807) is 19.2 Å². The topological polar surface area (TPSA) is 96.5 Å². The molecule has 0 fully saturated rings. The molecule has 1 aromatic carbocycles. The van der Waals surface area contributed by atoms with Gasteiger partial charge in [0.15, 0.2) is 0 Å². The average molecular weight is 301 g/mol. The zero-order valence-corrected chi connectivity index (χ0v) is 12.5. The molecule has 1 amide bonds. The van der Waals surface area contributed by atoms with Crippen LogP contribution in [-0.2, 0) is 14.8 Å². The summed E-state index contributed by atoms with van der Waals surface area (Å²) in [7, 11) is -0.191. The zero-order valence-electron chi connectivity index (χ0n) is 11.7. The molecule has 7 nitrogen and oxygen atoms in total. The smallest absolute Gasteiger partial charge is 0.229 e. The maximum atomic E-state index is 11.6. The van der Waals surface area contributed by atoms with Crippen LogP contribution in [0.5, 0.6) is 5.75 Å². The highest BCUT2D eigenvalue weighted by molar-refractivity contribution is 7.92. The third-order valence-corrected chi connectivity index (χ3v) is 2.97. The van der Waals surface area contributed by atoms with Gasteiger partial charge in [0.1, 0.15) is 5.75 Å². The normalized spacial score (nSPS) is 10.9. The summed E-state index contributed by atoms with van der Waals surface area (Å²) in [4.78, 5) is 11.6. The van der Waals surface area contributed by atoms with Gasteiger partial charge < -0.3 is 15.4 Å². The van der Waals surface area contributed by atoms with Gasteiger partial charge in [-0.3, -0.25) is 9.52 Å². The number of nitrogens with one attached hydrogen (secondary N) is 3. The van der Waals surface area contributed by atoms with Crippen molar-refractivity contribution in [2.24, 2.45) is 0 Å². The number of carbonyl (C=O) groups is 1. The highest BCUT2D eigenvalue weighted by atomic mass is 32.2. The van der Waals surface area contributed by atoms with E-state index >= 15 is 0 Å². The fourth-order valence-corrected chi connectivity index (χ4v) is 2.08. The van der Waals surface area contributed by atoms with Gasteiger partial charge in [0, 0.05) is 24.7 Å². The second-order valence-corrected chi connectivity index (χ2v) is 5.94. The number of rotatable bonds is 7. The summed E-state index contributed by atoms with van der Waals surface area (Å²) in [5.41, 5.74) is 0.866. The summed E-state index contributed by atoms with van der Waals surface area (Å²) in [5, 5.41) is 5.58. The van der Waals surface area contributed by atoms with Crippen molar-refractivity contribution in [1.82, 2.24) is 5.32 Å². The molecule has 0 aliphatic heterocycles. The minimum atomic E-state index is -3.38. The number of hydrogen-bond donors (Lipinski definition) is 3. The molecule has 1 aromatic rings. The van der Waals surface area contributed by atoms with Gasteiger partial charge >= 0.3 is 0 Å². The second-order valence-electron chi connectivity index (χ2n) is 4.19. The van der Waals surface area contributed by atoms with E-state index in [1.165, 1.54) is 13.2 Å². The van der Waals surface area contributed by atoms with E-state index in [0.717, 1.165) is 6.26 Å². The molecule has 0 aromatic heterocycles. The van der Waals surface area contributed by atoms with Crippen LogP contribution in [0.3, 0.4) is 0 Å². The van der Waals surface area contributed by atoms with Crippen molar-refractivity contribution in [1.29, 1.82) is 0 Å². The van der Waals surface area contributed by atoms with Crippen LogP contribution in [0, 0.1) is 0 Å². The van der Waals surface area contributed by atoms with Crippen LogP contribution < -0.4 is 20.1 Å². The van der Waals surface area contributed by atoms with E-state index in [-0.39, 0.29) is 5.91 Å². The molecule has 1 rings (SSSR count). The Balaban J connectivity index is 2.84. The lowest BCUT2D eigenvalue weighted by molar-refractivity contribution is -0.116. The molecular weight excluding hydrogens is 282 g/mol. The van der Waals surface area contributed by atoms with Crippen molar-refractivity contribution in [3.8, 4) is 5.75 Å². The molecule has 0 saturated heterocycles. The number of sulfonamides is 1. The van der Waals surface area contributed by atoms with E-state index in [4.69, 9.17) is 4.74 Å². The minimum absolute atomic E-state index is 0.134. The molecule has 8 heteroatoms. The summed E-state index contributed by atoms with van der Waals surface area (Å²) in [6.45, 7) is 0.580. The lowest BCUT2D eigenvalue weighted by Crippen LogP contribution is -2.18. The molecule has 0 spiro atoms. The van der Waals surface area contributed by atoms with Crippen LogP contribution in [0.15, 0.2) is 18.2 Å². The van der Waals surface area contributed by atoms with Crippen LogP contribution in [0.1, 0.15) is 6.42 Å². The SMILES string of the molecule is CNCCC(=O)Nc1ccc(NS(C)(=O)=O)c(OC)c1. The van der Waals surface area contributed by atoms with Crippen molar-refractivity contribution < 1.29 is 17.9 Å². The minimum Gasteiger partial charge on any atom is -0.494 e. The highest BCUT2D eigenvalue weighted by Gasteiger charge is 2.10. The molecule has 20 heavy (non-hydrogen) atoms. The largest absolute Gasteiger partial charge is 0.494 e. The van der Waals surface area contributed by atoms with Crippen LogP contribution in [0.25, 0.3) is 0 Å². The Morgan fingerprint density at radius 1 is 1.35 bits per heavy atom. The first kappa shape index (κ1) is 16.3. The molecule has 0 aliphatic rings. The second kappa shape index (κ2) is 7.11. The number of methoxy groups -OCH3 is 1. The summed E-state index contributed by atoms with van der Waals surface area (Å²) in [5.74, 6) is 0.201. The van der Waals surface area contributed by atoms with Gasteiger partial charge in [-0.2, -0.15) is 0 Å². The van der Waals surface area contributed by atoms with Gasteiger partial charge in [0.25, 0.3) is 0 Å². The predicted octanol–water partition coefficient (Wildman–Crippen LogP) is 0.615. The summed E-state index contributed by atoms with van der Waals surface area (Å²) in [6.07, 6.45) is 1.40. The van der Waals surface area contributed by atoms with Crippen LogP contribution in [0.2, 0.25) is 0 Å². The summed E-state index contributed by atoms with van der Waals surface area (Å²) >= 11 is 0. The van der Waals surface area contributed by atoms with E-state index in [9.17, 15) is 13.2 Å².